The van der Waals surface area contributed by atoms with Crippen molar-refractivity contribution in [1.29, 1.82) is 0 Å². The third-order valence-electron chi connectivity index (χ3n) is 5.74. The standard InChI is InChI=1S/C24H27NO6/c1-4-5-13-30-23(27)24(11-12-24)31-20-16(9-10-19(28-2)21(20)29-3)15-7-6-8-17-18(15)14-25-22(17)26/h6-10H,4-5,11-14H2,1-3H3,(H,25,26). The first kappa shape index (κ1) is 21.0. The Hall–Kier alpha value is -3.22. The van der Waals surface area contributed by atoms with Crippen LogP contribution in [0.2, 0.25) is 0 Å². The molecular weight excluding hydrogens is 398 g/mol. The summed E-state index contributed by atoms with van der Waals surface area (Å²) in [5, 5.41) is 2.86. The number of rotatable bonds is 9. The van der Waals surface area contributed by atoms with Gasteiger partial charge in [-0.3, -0.25) is 4.79 Å². The summed E-state index contributed by atoms with van der Waals surface area (Å²) in [4.78, 5) is 24.9. The molecule has 1 fully saturated rings. The molecule has 2 aromatic carbocycles. The van der Waals surface area contributed by atoms with Crippen LogP contribution in [0.25, 0.3) is 11.1 Å². The zero-order chi connectivity index (χ0) is 22.0. The van der Waals surface area contributed by atoms with E-state index >= 15 is 0 Å². The second kappa shape index (κ2) is 8.49. The molecule has 1 aliphatic heterocycles. The van der Waals surface area contributed by atoms with Gasteiger partial charge in [0.05, 0.1) is 20.8 Å². The average Bonchev–Trinajstić information content (AvgIpc) is 3.48. The molecule has 1 saturated carbocycles. The molecule has 1 aliphatic carbocycles. The summed E-state index contributed by atoms with van der Waals surface area (Å²) >= 11 is 0. The summed E-state index contributed by atoms with van der Waals surface area (Å²) in [7, 11) is 3.09. The lowest BCUT2D eigenvalue weighted by Crippen LogP contribution is -2.32. The number of carbonyl (C=O) groups is 2. The van der Waals surface area contributed by atoms with Gasteiger partial charge in [0.15, 0.2) is 11.5 Å². The highest BCUT2D eigenvalue weighted by atomic mass is 16.6. The number of benzene rings is 2. The summed E-state index contributed by atoms with van der Waals surface area (Å²) in [6.45, 7) is 2.85. The van der Waals surface area contributed by atoms with Crippen molar-refractivity contribution >= 4 is 11.9 Å². The van der Waals surface area contributed by atoms with Crippen LogP contribution in [0, 0.1) is 0 Å². The first-order valence-electron chi connectivity index (χ1n) is 10.6. The van der Waals surface area contributed by atoms with Crippen molar-refractivity contribution < 1.29 is 28.5 Å². The van der Waals surface area contributed by atoms with Gasteiger partial charge in [-0.25, -0.2) is 4.79 Å². The third-order valence-corrected chi connectivity index (χ3v) is 5.74. The number of amides is 1. The Morgan fingerprint density at radius 3 is 2.48 bits per heavy atom. The fourth-order valence-electron chi connectivity index (χ4n) is 3.82. The van der Waals surface area contributed by atoms with Crippen molar-refractivity contribution in [2.24, 2.45) is 0 Å². The molecule has 0 atom stereocenters. The number of esters is 1. The summed E-state index contributed by atoms with van der Waals surface area (Å²) in [5.74, 6) is 0.866. The maximum Gasteiger partial charge on any atom is 0.350 e. The molecule has 0 spiro atoms. The number of hydrogen-bond acceptors (Lipinski definition) is 6. The fourth-order valence-corrected chi connectivity index (χ4v) is 3.82. The van der Waals surface area contributed by atoms with Crippen molar-refractivity contribution in [2.45, 2.75) is 44.8 Å². The van der Waals surface area contributed by atoms with Crippen LogP contribution in [0.1, 0.15) is 48.5 Å². The predicted molar refractivity (Wildman–Crippen MR) is 115 cm³/mol. The lowest BCUT2D eigenvalue weighted by Gasteiger charge is -2.23. The number of methoxy groups -OCH3 is 2. The molecule has 2 aromatic rings. The highest BCUT2D eigenvalue weighted by Crippen LogP contribution is 2.51. The van der Waals surface area contributed by atoms with Gasteiger partial charge in [0.1, 0.15) is 0 Å². The van der Waals surface area contributed by atoms with Crippen LogP contribution in [0.3, 0.4) is 0 Å². The minimum absolute atomic E-state index is 0.0991. The van der Waals surface area contributed by atoms with E-state index in [2.05, 4.69) is 5.32 Å². The molecule has 7 nitrogen and oxygen atoms in total. The van der Waals surface area contributed by atoms with E-state index in [1.165, 1.54) is 7.11 Å². The minimum Gasteiger partial charge on any atom is -0.493 e. The van der Waals surface area contributed by atoms with Crippen molar-refractivity contribution in [3.05, 3.63) is 41.5 Å². The molecule has 0 aromatic heterocycles. The van der Waals surface area contributed by atoms with Gasteiger partial charge >= 0.3 is 5.97 Å². The van der Waals surface area contributed by atoms with Crippen LogP contribution in [0.4, 0.5) is 0 Å². The fraction of sp³-hybridized carbons (Fsp3) is 0.417. The smallest absolute Gasteiger partial charge is 0.350 e. The number of ether oxygens (including phenoxy) is 4. The number of carbonyl (C=O) groups excluding carboxylic acids is 2. The van der Waals surface area contributed by atoms with Crippen molar-refractivity contribution in [3.63, 3.8) is 0 Å². The first-order valence-corrected chi connectivity index (χ1v) is 10.6. The maximum atomic E-state index is 12.8. The molecule has 4 rings (SSSR count). The Morgan fingerprint density at radius 2 is 1.81 bits per heavy atom. The molecule has 0 unspecified atom stereocenters. The quantitative estimate of drug-likeness (QED) is 0.485. The number of fused-ring (bicyclic) bond motifs is 1. The number of nitrogens with one attached hydrogen (secondary N) is 1. The average molecular weight is 425 g/mol. The molecule has 1 amide bonds. The van der Waals surface area contributed by atoms with Crippen LogP contribution in [0.5, 0.6) is 17.2 Å². The van der Waals surface area contributed by atoms with Gasteiger partial charge in [-0.2, -0.15) is 0 Å². The molecule has 2 aliphatic rings. The number of hydrogen-bond donors (Lipinski definition) is 1. The Kier molecular flexibility index (Phi) is 5.76. The summed E-state index contributed by atoms with van der Waals surface area (Å²) in [6, 6.07) is 9.24. The lowest BCUT2D eigenvalue weighted by molar-refractivity contribution is -0.154. The second-order valence-electron chi connectivity index (χ2n) is 7.78. The van der Waals surface area contributed by atoms with E-state index in [9.17, 15) is 9.59 Å². The molecule has 0 saturated heterocycles. The van der Waals surface area contributed by atoms with E-state index in [4.69, 9.17) is 18.9 Å². The van der Waals surface area contributed by atoms with Crippen LogP contribution in [0.15, 0.2) is 30.3 Å². The molecule has 1 heterocycles. The normalized spacial score (nSPS) is 15.6. The van der Waals surface area contributed by atoms with Gasteiger partial charge in [0.25, 0.3) is 5.91 Å². The first-order chi connectivity index (χ1) is 15.0. The summed E-state index contributed by atoms with van der Waals surface area (Å²) in [5.41, 5.74) is 2.09. The molecule has 31 heavy (non-hydrogen) atoms. The Morgan fingerprint density at radius 1 is 1.03 bits per heavy atom. The van der Waals surface area contributed by atoms with E-state index in [0.29, 0.717) is 48.8 Å². The van der Waals surface area contributed by atoms with Gasteiger partial charge in [-0.1, -0.05) is 25.5 Å². The van der Waals surface area contributed by atoms with Crippen molar-refractivity contribution in [2.75, 3.05) is 20.8 Å². The van der Waals surface area contributed by atoms with E-state index in [-0.39, 0.29) is 11.9 Å². The van der Waals surface area contributed by atoms with Crippen LogP contribution in [-0.2, 0) is 16.1 Å². The third kappa shape index (κ3) is 3.80. The van der Waals surface area contributed by atoms with Crippen LogP contribution in [-0.4, -0.2) is 38.3 Å². The highest BCUT2D eigenvalue weighted by Gasteiger charge is 2.55. The van der Waals surface area contributed by atoms with E-state index in [1.807, 2.05) is 25.1 Å². The Labute approximate surface area is 181 Å². The topological polar surface area (TPSA) is 83.1 Å². The van der Waals surface area contributed by atoms with Gasteiger partial charge in [0, 0.05) is 30.5 Å². The van der Waals surface area contributed by atoms with Crippen LogP contribution < -0.4 is 19.5 Å². The van der Waals surface area contributed by atoms with E-state index in [0.717, 1.165) is 29.5 Å². The highest BCUT2D eigenvalue weighted by molar-refractivity contribution is 6.01. The molecule has 7 heteroatoms. The second-order valence-corrected chi connectivity index (χ2v) is 7.78. The van der Waals surface area contributed by atoms with Gasteiger partial charge < -0.3 is 24.3 Å². The Bertz CT molecular complexity index is 1010. The maximum absolute atomic E-state index is 12.8. The zero-order valence-corrected chi connectivity index (χ0v) is 18.1. The van der Waals surface area contributed by atoms with E-state index in [1.54, 1.807) is 19.2 Å². The van der Waals surface area contributed by atoms with Gasteiger partial charge in [0.2, 0.25) is 11.4 Å². The van der Waals surface area contributed by atoms with Gasteiger partial charge in [-0.05, 0) is 35.7 Å². The predicted octanol–water partition coefficient (Wildman–Crippen LogP) is 3.87. The molecular formula is C24H27NO6. The Balaban J connectivity index is 1.77. The SMILES string of the molecule is CCCCOC(=O)C1(Oc2c(-c3cccc4c3CNC4=O)ccc(OC)c2OC)CC1. The van der Waals surface area contributed by atoms with E-state index < -0.39 is 5.60 Å². The zero-order valence-electron chi connectivity index (χ0n) is 18.1. The molecule has 0 radical (unpaired) electrons. The van der Waals surface area contributed by atoms with Crippen molar-refractivity contribution in [3.8, 4) is 28.4 Å². The van der Waals surface area contributed by atoms with Crippen LogP contribution >= 0.6 is 0 Å². The molecule has 1 N–H and O–H groups in total. The summed E-state index contributed by atoms with van der Waals surface area (Å²) in [6.07, 6.45) is 2.91. The molecule has 0 bridgehead atoms. The lowest BCUT2D eigenvalue weighted by atomic mass is 9.95. The van der Waals surface area contributed by atoms with Gasteiger partial charge in [-0.15, -0.1) is 0 Å². The van der Waals surface area contributed by atoms with Crippen molar-refractivity contribution in [1.82, 2.24) is 5.32 Å². The largest absolute Gasteiger partial charge is 0.493 e. The monoisotopic (exact) mass is 425 g/mol. The molecule has 164 valence electrons. The summed E-state index contributed by atoms with van der Waals surface area (Å²) < 4.78 is 22.9. The number of unbranched alkanes of at least 4 members (excludes halogenated alkanes) is 1. The minimum atomic E-state index is -1.02.